The smallest absolute Gasteiger partial charge is 0.193 e. The van der Waals surface area contributed by atoms with E-state index in [9.17, 15) is 0 Å². The fourth-order valence-corrected chi connectivity index (χ4v) is 3.23. The molecule has 0 bridgehead atoms. The van der Waals surface area contributed by atoms with Crippen molar-refractivity contribution in [2.75, 3.05) is 5.88 Å². The Balaban J connectivity index is 1.83. The Morgan fingerprint density at radius 2 is 2.11 bits per heavy atom. The number of aryl methyl sites for hydroxylation is 1. The van der Waals surface area contributed by atoms with Crippen LogP contribution in [-0.4, -0.2) is 15.3 Å². The third-order valence-corrected chi connectivity index (χ3v) is 4.48. The number of hydrogen-bond acceptors (Lipinski definition) is 2. The van der Waals surface area contributed by atoms with Gasteiger partial charge < -0.3 is 0 Å². The number of aromatic nitrogens is 2. The number of halogens is 1. The minimum atomic E-state index is 0.326. The molecule has 2 nitrogen and oxygen atoms in total. The molecule has 0 aliphatic heterocycles. The van der Waals surface area contributed by atoms with Crippen molar-refractivity contribution in [2.45, 2.75) is 19.3 Å². The average Bonchev–Trinajstić information content (AvgIpc) is 2.98. The number of thiazole rings is 1. The standard InChI is InChI=1S/C15H15ClN2S/c1-11-2-4-12(5-3-11)13(9-16)8-14-10-18-6-7-19-15(18)17-14/h2-7,10,13H,8-9H2,1H3. The Morgan fingerprint density at radius 3 is 2.79 bits per heavy atom. The van der Waals surface area contributed by atoms with Gasteiger partial charge in [0, 0.05) is 29.6 Å². The van der Waals surface area contributed by atoms with E-state index >= 15 is 0 Å². The van der Waals surface area contributed by atoms with Gasteiger partial charge in [0.05, 0.1) is 5.69 Å². The average molecular weight is 291 g/mol. The first-order valence-electron chi connectivity index (χ1n) is 6.30. The van der Waals surface area contributed by atoms with E-state index in [0.717, 1.165) is 17.1 Å². The topological polar surface area (TPSA) is 17.3 Å². The number of benzene rings is 1. The molecule has 0 N–H and O–H groups in total. The molecular weight excluding hydrogens is 276 g/mol. The van der Waals surface area contributed by atoms with Crippen molar-refractivity contribution in [3.8, 4) is 0 Å². The molecule has 0 radical (unpaired) electrons. The van der Waals surface area contributed by atoms with Crippen molar-refractivity contribution < 1.29 is 0 Å². The predicted molar refractivity (Wildman–Crippen MR) is 81.4 cm³/mol. The van der Waals surface area contributed by atoms with Crippen LogP contribution in [0.25, 0.3) is 4.96 Å². The van der Waals surface area contributed by atoms with Crippen molar-refractivity contribution in [1.82, 2.24) is 9.38 Å². The van der Waals surface area contributed by atoms with E-state index in [1.165, 1.54) is 11.1 Å². The highest BCUT2D eigenvalue weighted by Gasteiger charge is 2.13. The summed E-state index contributed by atoms with van der Waals surface area (Å²) >= 11 is 7.79. The number of hydrogen-bond donors (Lipinski definition) is 0. The van der Waals surface area contributed by atoms with E-state index in [1.807, 2.05) is 11.6 Å². The normalized spacial score (nSPS) is 12.9. The lowest BCUT2D eigenvalue weighted by atomic mass is 9.95. The maximum absolute atomic E-state index is 6.13. The summed E-state index contributed by atoms with van der Waals surface area (Å²) < 4.78 is 2.07. The number of nitrogens with zero attached hydrogens (tertiary/aromatic N) is 2. The molecule has 2 aromatic heterocycles. The van der Waals surface area contributed by atoms with Gasteiger partial charge in [-0.15, -0.1) is 22.9 Å². The third-order valence-electron chi connectivity index (χ3n) is 3.33. The van der Waals surface area contributed by atoms with Crippen LogP contribution < -0.4 is 0 Å². The SMILES string of the molecule is Cc1ccc(C(CCl)Cc2cn3ccsc3n2)cc1. The van der Waals surface area contributed by atoms with Gasteiger partial charge in [0.1, 0.15) is 0 Å². The monoisotopic (exact) mass is 290 g/mol. The fourth-order valence-electron chi connectivity index (χ4n) is 2.23. The van der Waals surface area contributed by atoms with Gasteiger partial charge in [-0.3, -0.25) is 4.40 Å². The Bertz CT molecular complexity index is 640. The van der Waals surface area contributed by atoms with E-state index in [-0.39, 0.29) is 0 Å². The molecule has 1 aromatic carbocycles. The first kappa shape index (κ1) is 12.7. The van der Waals surface area contributed by atoms with Gasteiger partial charge in [0.25, 0.3) is 0 Å². The molecule has 19 heavy (non-hydrogen) atoms. The van der Waals surface area contributed by atoms with Crippen molar-refractivity contribution >= 4 is 27.9 Å². The maximum Gasteiger partial charge on any atom is 0.193 e. The van der Waals surface area contributed by atoms with Crippen molar-refractivity contribution in [2.24, 2.45) is 0 Å². The van der Waals surface area contributed by atoms with Crippen LogP contribution in [0.4, 0.5) is 0 Å². The molecule has 0 aliphatic rings. The lowest BCUT2D eigenvalue weighted by Crippen LogP contribution is -2.05. The second-order valence-corrected chi connectivity index (χ2v) is 5.97. The zero-order valence-corrected chi connectivity index (χ0v) is 12.3. The molecule has 4 heteroatoms. The van der Waals surface area contributed by atoms with E-state index in [0.29, 0.717) is 11.8 Å². The van der Waals surface area contributed by atoms with Crippen LogP contribution in [0.5, 0.6) is 0 Å². The molecule has 3 aromatic rings. The van der Waals surface area contributed by atoms with Gasteiger partial charge in [-0.2, -0.15) is 0 Å². The molecule has 0 aliphatic carbocycles. The quantitative estimate of drug-likeness (QED) is 0.656. The zero-order chi connectivity index (χ0) is 13.2. The summed E-state index contributed by atoms with van der Waals surface area (Å²) in [5.74, 6) is 0.945. The summed E-state index contributed by atoms with van der Waals surface area (Å²) in [6, 6.07) is 8.61. The minimum absolute atomic E-state index is 0.326. The van der Waals surface area contributed by atoms with Crippen molar-refractivity contribution in [3.63, 3.8) is 0 Å². The molecule has 1 atom stereocenters. The number of imidazole rings is 1. The first-order valence-corrected chi connectivity index (χ1v) is 7.71. The summed E-state index contributed by atoms with van der Waals surface area (Å²) in [6.45, 7) is 2.10. The Kier molecular flexibility index (Phi) is 3.58. The first-order chi connectivity index (χ1) is 9.26. The molecule has 0 amide bonds. The van der Waals surface area contributed by atoms with Gasteiger partial charge in [0.15, 0.2) is 4.96 Å². The summed E-state index contributed by atoms with van der Waals surface area (Å²) in [5, 5.41) is 2.05. The number of alkyl halides is 1. The molecule has 0 saturated heterocycles. The van der Waals surface area contributed by atoms with Crippen molar-refractivity contribution in [3.05, 3.63) is 58.9 Å². The minimum Gasteiger partial charge on any atom is -0.297 e. The molecule has 0 spiro atoms. The highest BCUT2D eigenvalue weighted by Crippen LogP contribution is 2.23. The van der Waals surface area contributed by atoms with Crippen LogP contribution in [0.1, 0.15) is 22.7 Å². The van der Waals surface area contributed by atoms with E-state index in [2.05, 4.69) is 46.8 Å². The Hall–Kier alpha value is -1.32. The van der Waals surface area contributed by atoms with Crippen LogP contribution in [0, 0.1) is 6.92 Å². The molecule has 0 fully saturated rings. The van der Waals surface area contributed by atoms with Crippen LogP contribution in [0.3, 0.4) is 0 Å². The third kappa shape index (κ3) is 2.67. The highest BCUT2D eigenvalue weighted by atomic mass is 35.5. The molecular formula is C15H15ClN2S. The second kappa shape index (κ2) is 5.35. The number of rotatable bonds is 4. The Labute approximate surface area is 121 Å². The molecule has 98 valence electrons. The molecule has 2 heterocycles. The van der Waals surface area contributed by atoms with Crippen LogP contribution >= 0.6 is 22.9 Å². The zero-order valence-electron chi connectivity index (χ0n) is 10.7. The summed E-state index contributed by atoms with van der Waals surface area (Å²) in [6.07, 6.45) is 5.03. The summed E-state index contributed by atoms with van der Waals surface area (Å²) in [4.78, 5) is 5.67. The highest BCUT2D eigenvalue weighted by molar-refractivity contribution is 7.15. The fraction of sp³-hybridized carbons (Fsp3) is 0.267. The van der Waals surface area contributed by atoms with Gasteiger partial charge in [0.2, 0.25) is 0 Å². The lowest BCUT2D eigenvalue weighted by Gasteiger charge is -2.13. The van der Waals surface area contributed by atoms with E-state index < -0.39 is 0 Å². The predicted octanol–water partition coefficient (Wildman–Crippen LogP) is 4.27. The Morgan fingerprint density at radius 1 is 1.32 bits per heavy atom. The van der Waals surface area contributed by atoms with Gasteiger partial charge >= 0.3 is 0 Å². The van der Waals surface area contributed by atoms with Gasteiger partial charge in [-0.05, 0) is 18.9 Å². The van der Waals surface area contributed by atoms with Crippen molar-refractivity contribution in [1.29, 1.82) is 0 Å². The maximum atomic E-state index is 6.13. The van der Waals surface area contributed by atoms with E-state index in [4.69, 9.17) is 11.6 Å². The van der Waals surface area contributed by atoms with Gasteiger partial charge in [-0.25, -0.2) is 4.98 Å². The van der Waals surface area contributed by atoms with Crippen LogP contribution in [0.15, 0.2) is 42.0 Å². The summed E-state index contributed by atoms with van der Waals surface area (Å²) in [7, 11) is 0. The second-order valence-electron chi connectivity index (χ2n) is 4.79. The van der Waals surface area contributed by atoms with Crippen LogP contribution in [-0.2, 0) is 6.42 Å². The lowest BCUT2D eigenvalue weighted by molar-refractivity contribution is 0.752. The molecule has 1 unspecified atom stereocenters. The summed E-state index contributed by atoms with van der Waals surface area (Å²) in [5.41, 5.74) is 3.68. The molecule has 0 saturated carbocycles. The number of fused-ring (bicyclic) bond motifs is 1. The molecule has 3 rings (SSSR count). The van der Waals surface area contributed by atoms with Gasteiger partial charge in [-0.1, -0.05) is 29.8 Å². The van der Waals surface area contributed by atoms with E-state index in [1.54, 1.807) is 11.3 Å². The largest absolute Gasteiger partial charge is 0.297 e. The van der Waals surface area contributed by atoms with Crippen LogP contribution in [0.2, 0.25) is 0 Å².